The molecule has 0 amide bonds. The van der Waals surface area contributed by atoms with Gasteiger partial charge < -0.3 is 19.7 Å². The molecule has 3 aliphatic heterocycles. The Morgan fingerprint density at radius 2 is 1.97 bits per heavy atom. The Kier molecular flexibility index (Phi) is 5.94. The van der Waals surface area contributed by atoms with Crippen molar-refractivity contribution in [2.45, 2.75) is 75.7 Å². The number of fused-ring (bicyclic) bond motifs is 3. The average molecular weight is 465 g/mol. The second kappa shape index (κ2) is 9.20. The van der Waals surface area contributed by atoms with Crippen LogP contribution in [0.25, 0.3) is 21.3 Å². The molecule has 1 aromatic carbocycles. The van der Waals surface area contributed by atoms with E-state index < -0.39 is 0 Å². The molecule has 1 N–H and O–H groups in total. The number of carbonyl (C=O) groups excluding carboxylic acids is 1. The summed E-state index contributed by atoms with van der Waals surface area (Å²) >= 11 is 1.69. The second-order valence-corrected chi connectivity index (χ2v) is 10.6. The monoisotopic (exact) mass is 464 g/mol. The zero-order valence-corrected chi connectivity index (χ0v) is 19.8. The maximum atomic E-state index is 11.4. The van der Waals surface area contributed by atoms with Crippen LogP contribution in [0.15, 0.2) is 35.7 Å². The number of ether oxygens (including phenoxy) is 1. The number of aromatic nitrogens is 2. The van der Waals surface area contributed by atoms with E-state index in [1.54, 1.807) is 11.3 Å². The van der Waals surface area contributed by atoms with Crippen molar-refractivity contribution >= 4 is 33.7 Å². The summed E-state index contributed by atoms with van der Waals surface area (Å²) in [6, 6.07) is 12.1. The van der Waals surface area contributed by atoms with E-state index in [1.807, 2.05) is 4.68 Å². The number of anilines is 1. The molecule has 6 nitrogen and oxygen atoms in total. The third kappa shape index (κ3) is 4.00. The molecule has 7 heteroatoms. The summed E-state index contributed by atoms with van der Waals surface area (Å²) in [7, 11) is 0. The Morgan fingerprint density at radius 1 is 1.15 bits per heavy atom. The standard InChI is InChI=1S/C26H32N4O2S/c31-13-12-29-26-24(23(17-33-26)18-5-2-1-3-6-18)25(28-29)30-20-8-9-21(30)16-22(15-20)32-14-10-19-7-4-11-27-19/h1-3,5-6,13,17,19-22,27H,4,7-12,14-16H2. The second-order valence-electron chi connectivity index (χ2n) is 9.71. The minimum Gasteiger partial charge on any atom is -0.378 e. The Bertz CT molecular complexity index is 1090. The molecule has 6 rings (SSSR count). The maximum Gasteiger partial charge on any atom is 0.160 e. The number of benzene rings is 1. The van der Waals surface area contributed by atoms with Crippen molar-refractivity contribution in [3.63, 3.8) is 0 Å². The number of carbonyl (C=O) groups is 1. The fourth-order valence-corrected chi connectivity index (χ4v) is 7.20. The number of hydrogen-bond donors (Lipinski definition) is 1. The third-order valence-corrected chi connectivity index (χ3v) is 8.69. The molecule has 0 saturated carbocycles. The average Bonchev–Trinajstić information content (AvgIpc) is 3.60. The van der Waals surface area contributed by atoms with Crippen molar-refractivity contribution in [2.75, 3.05) is 18.1 Å². The summed E-state index contributed by atoms with van der Waals surface area (Å²) in [6.45, 7) is 2.32. The number of rotatable bonds is 8. The number of hydrogen-bond acceptors (Lipinski definition) is 6. The van der Waals surface area contributed by atoms with Crippen LogP contribution in [0.2, 0.25) is 0 Å². The highest BCUT2D eigenvalue weighted by Gasteiger charge is 2.43. The fraction of sp³-hybridized carbons (Fsp3) is 0.538. The van der Waals surface area contributed by atoms with Crippen molar-refractivity contribution in [2.24, 2.45) is 0 Å². The topological polar surface area (TPSA) is 59.4 Å². The van der Waals surface area contributed by atoms with Gasteiger partial charge >= 0.3 is 0 Å². The number of aldehydes is 1. The van der Waals surface area contributed by atoms with Crippen molar-refractivity contribution in [1.29, 1.82) is 0 Å². The summed E-state index contributed by atoms with van der Waals surface area (Å²) in [5.74, 6) is 1.06. The van der Waals surface area contributed by atoms with Gasteiger partial charge in [-0.3, -0.25) is 0 Å². The van der Waals surface area contributed by atoms with Crippen LogP contribution < -0.4 is 10.2 Å². The molecular weight excluding hydrogens is 432 g/mol. The number of nitrogens with one attached hydrogen (secondary N) is 1. The zero-order chi connectivity index (χ0) is 22.2. The van der Waals surface area contributed by atoms with E-state index in [2.05, 4.69) is 45.9 Å². The van der Waals surface area contributed by atoms with Crippen molar-refractivity contribution < 1.29 is 9.53 Å². The molecule has 3 unspecified atom stereocenters. The van der Waals surface area contributed by atoms with Crippen LogP contribution in [0, 0.1) is 0 Å². The van der Waals surface area contributed by atoms with Gasteiger partial charge in [0.25, 0.3) is 0 Å². The van der Waals surface area contributed by atoms with Crippen LogP contribution in [-0.2, 0) is 16.1 Å². The molecule has 5 heterocycles. The van der Waals surface area contributed by atoms with Crippen LogP contribution in [0.3, 0.4) is 0 Å². The van der Waals surface area contributed by atoms with Crippen LogP contribution in [-0.4, -0.2) is 53.4 Å². The minimum absolute atomic E-state index is 0.301. The van der Waals surface area contributed by atoms with Gasteiger partial charge in [0.05, 0.1) is 18.0 Å². The third-order valence-electron chi connectivity index (χ3n) is 7.69. The summed E-state index contributed by atoms with van der Waals surface area (Å²) in [5, 5.41) is 12.0. The van der Waals surface area contributed by atoms with Crippen LogP contribution in [0.1, 0.15) is 44.9 Å². The number of thiophene rings is 1. The largest absolute Gasteiger partial charge is 0.378 e. The molecule has 3 aromatic rings. The summed E-state index contributed by atoms with van der Waals surface area (Å²) in [5.41, 5.74) is 2.44. The first-order valence-corrected chi connectivity index (χ1v) is 13.3. The summed E-state index contributed by atoms with van der Waals surface area (Å²) in [4.78, 5) is 15.0. The molecule has 3 saturated heterocycles. The van der Waals surface area contributed by atoms with Gasteiger partial charge in [0.1, 0.15) is 11.1 Å². The van der Waals surface area contributed by atoms with E-state index in [1.165, 1.54) is 42.2 Å². The Hall–Kier alpha value is -2.22. The molecule has 2 bridgehead atoms. The van der Waals surface area contributed by atoms with Gasteiger partial charge in [0, 0.05) is 35.7 Å². The van der Waals surface area contributed by atoms with E-state index in [4.69, 9.17) is 9.84 Å². The van der Waals surface area contributed by atoms with Crippen LogP contribution in [0.4, 0.5) is 5.82 Å². The highest BCUT2D eigenvalue weighted by atomic mass is 32.1. The van der Waals surface area contributed by atoms with Crippen LogP contribution in [0.5, 0.6) is 0 Å². The number of piperidine rings is 1. The molecule has 2 aromatic heterocycles. The molecule has 3 fully saturated rings. The molecule has 0 aliphatic carbocycles. The van der Waals surface area contributed by atoms with Crippen molar-refractivity contribution in [1.82, 2.24) is 15.1 Å². The van der Waals surface area contributed by atoms with Gasteiger partial charge in [-0.25, -0.2) is 4.68 Å². The van der Waals surface area contributed by atoms with Gasteiger partial charge in [0.15, 0.2) is 5.82 Å². The Morgan fingerprint density at radius 3 is 2.70 bits per heavy atom. The van der Waals surface area contributed by atoms with Crippen molar-refractivity contribution in [3.05, 3.63) is 35.7 Å². The van der Waals surface area contributed by atoms with E-state index in [-0.39, 0.29) is 0 Å². The van der Waals surface area contributed by atoms with Gasteiger partial charge in [-0.1, -0.05) is 30.3 Å². The maximum absolute atomic E-state index is 11.4. The summed E-state index contributed by atoms with van der Waals surface area (Å²) in [6.07, 6.45) is 9.55. The quantitative estimate of drug-likeness (QED) is 0.493. The Balaban J connectivity index is 1.26. The summed E-state index contributed by atoms with van der Waals surface area (Å²) < 4.78 is 8.28. The van der Waals surface area contributed by atoms with Crippen LogP contribution >= 0.6 is 11.3 Å². The van der Waals surface area contributed by atoms with Gasteiger partial charge in [-0.2, -0.15) is 5.10 Å². The lowest BCUT2D eigenvalue weighted by atomic mass is 9.98. The van der Waals surface area contributed by atoms with E-state index in [9.17, 15) is 4.79 Å². The first-order valence-electron chi connectivity index (χ1n) is 12.4. The highest BCUT2D eigenvalue weighted by Crippen LogP contribution is 2.46. The number of nitrogens with zero attached hydrogens (tertiary/aromatic N) is 3. The molecule has 3 aliphatic rings. The fourth-order valence-electron chi connectivity index (χ4n) is 6.16. The zero-order valence-electron chi connectivity index (χ0n) is 19.0. The SMILES string of the molecule is O=CCn1nc(N2C3CCC2CC(OCCC2CCCN2)C3)c2c(-c3ccccc3)csc21. The van der Waals surface area contributed by atoms with Gasteiger partial charge in [-0.05, 0) is 57.1 Å². The molecule has 33 heavy (non-hydrogen) atoms. The predicted molar refractivity (Wildman–Crippen MR) is 133 cm³/mol. The smallest absolute Gasteiger partial charge is 0.160 e. The molecule has 0 radical (unpaired) electrons. The normalized spacial score (nSPS) is 27.0. The predicted octanol–water partition coefficient (Wildman–Crippen LogP) is 4.62. The molecule has 0 spiro atoms. The lowest BCUT2D eigenvalue weighted by molar-refractivity contribution is -0.108. The molecule has 174 valence electrons. The first kappa shape index (κ1) is 21.3. The van der Waals surface area contributed by atoms with Gasteiger partial charge in [0.2, 0.25) is 0 Å². The van der Waals surface area contributed by atoms with Gasteiger partial charge in [-0.15, -0.1) is 11.3 Å². The molecule has 3 atom stereocenters. The van der Waals surface area contributed by atoms with E-state index in [0.29, 0.717) is 30.8 Å². The van der Waals surface area contributed by atoms with Crippen molar-refractivity contribution in [3.8, 4) is 11.1 Å². The minimum atomic E-state index is 0.301. The Labute approximate surface area is 198 Å². The highest BCUT2D eigenvalue weighted by molar-refractivity contribution is 7.17. The lowest BCUT2D eigenvalue weighted by Gasteiger charge is -2.39. The van der Waals surface area contributed by atoms with E-state index >= 15 is 0 Å². The van der Waals surface area contributed by atoms with E-state index in [0.717, 1.165) is 49.3 Å². The first-order chi connectivity index (χ1) is 16.3. The molecular formula is C26H32N4O2S. The lowest BCUT2D eigenvalue weighted by Crippen LogP contribution is -2.46.